The largest absolute Gasteiger partial charge is 0.476 e. The van der Waals surface area contributed by atoms with Gasteiger partial charge in [-0.2, -0.15) is 0 Å². The third kappa shape index (κ3) is 2.93. The van der Waals surface area contributed by atoms with Gasteiger partial charge in [-0.3, -0.25) is 0 Å². The maximum Gasteiger partial charge on any atom is 0.355 e. The molecule has 0 bridgehead atoms. The SMILES string of the molecule is Cc1ccccc1CN(C)c1nc(C(=O)O)c(C)s1. The second-order valence-electron chi connectivity index (χ2n) is 4.49. The van der Waals surface area contributed by atoms with Crippen molar-refractivity contribution in [1.82, 2.24) is 4.98 Å². The van der Waals surface area contributed by atoms with Gasteiger partial charge in [-0.25, -0.2) is 9.78 Å². The summed E-state index contributed by atoms with van der Waals surface area (Å²) < 4.78 is 0. The summed E-state index contributed by atoms with van der Waals surface area (Å²) in [5.41, 5.74) is 2.59. The van der Waals surface area contributed by atoms with E-state index >= 15 is 0 Å². The lowest BCUT2D eigenvalue weighted by Crippen LogP contribution is -2.17. The Morgan fingerprint density at radius 2 is 2.05 bits per heavy atom. The minimum Gasteiger partial charge on any atom is -0.476 e. The van der Waals surface area contributed by atoms with Gasteiger partial charge in [0.1, 0.15) is 0 Å². The molecule has 1 N–H and O–H groups in total. The number of thiazole rings is 1. The second-order valence-corrected chi connectivity index (χ2v) is 5.67. The van der Waals surface area contributed by atoms with Crippen molar-refractivity contribution in [2.75, 3.05) is 11.9 Å². The maximum absolute atomic E-state index is 11.0. The van der Waals surface area contributed by atoms with Crippen molar-refractivity contribution in [3.05, 3.63) is 46.0 Å². The van der Waals surface area contributed by atoms with Gasteiger partial charge >= 0.3 is 5.97 Å². The zero-order chi connectivity index (χ0) is 14.0. The highest BCUT2D eigenvalue weighted by molar-refractivity contribution is 7.15. The van der Waals surface area contributed by atoms with Gasteiger partial charge in [0.25, 0.3) is 0 Å². The molecule has 0 aliphatic heterocycles. The smallest absolute Gasteiger partial charge is 0.355 e. The van der Waals surface area contributed by atoms with Crippen LogP contribution in [-0.2, 0) is 6.54 Å². The van der Waals surface area contributed by atoms with E-state index in [2.05, 4.69) is 24.0 Å². The van der Waals surface area contributed by atoms with Gasteiger partial charge in [-0.05, 0) is 25.0 Å². The van der Waals surface area contributed by atoms with E-state index in [9.17, 15) is 4.79 Å². The fourth-order valence-electron chi connectivity index (χ4n) is 1.85. The first-order valence-corrected chi connectivity index (χ1v) is 6.77. The summed E-state index contributed by atoms with van der Waals surface area (Å²) in [6.45, 7) is 4.57. The number of carbonyl (C=O) groups is 1. The summed E-state index contributed by atoms with van der Waals surface area (Å²) in [6.07, 6.45) is 0. The van der Waals surface area contributed by atoms with Gasteiger partial charge in [-0.1, -0.05) is 24.3 Å². The van der Waals surface area contributed by atoms with Gasteiger partial charge < -0.3 is 10.0 Å². The number of benzene rings is 1. The number of anilines is 1. The third-order valence-corrected chi connectivity index (χ3v) is 4.07. The molecule has 0 aliphatic carbocycles. The number of aromatic carboxylic acids is 1. The molecule has 100 valence electrons. The summed E-state index contributed by atoms with van der Waals surface area (Å²) in [7, 11) is 1.93. The lowest BCUT2D eigenvalue weighted by Gasteiger charge is -2.17. The van der Waals surface area contributed by atoms with Crippen LogP contribution >= 0.6 is 11.3 Å². The van der Waals surface area contributed by atoms with Gasteiger partial charge in [0, 0.05) is 18.5 Å². The molecule has 1 heterocycles. The number of aromatic nitrogens is 1. The van der Waals surface area contributed by atoms with Crippen molar-refractivity contribution < 1.29 is 9.90 Å². The van der Waals surface area contributed by atoms with Gasteiger partial charge in [0.2, 0.25) is 0 Å². The highest BCUT2D eigenvalue weighted by Gasteiger charge is 2.16. The van der Waals surface area contributed by atoms with Crippen molar-refractivity contribution in [2.24, 2.45) is 0 Å². The summed E-state index contributed by atoms with van der Waals surface area (Å²) in [4.78, 5) is 17.9. The van der Waals surface area contributed by atoms with E-state index in [0.29, 0.717) is 0 Å². The molecule has 0 aliphatic rings. The average molecular weight is 276 g/mol. The molecule has 0 saturated heterocycles. The molecule has 19 heavy (non-hydrogen) atoms. The molecule has 0 saturated carbocycles. The highest BCUT2D eigenvalue weighted by Crippen LogP contribution is 2.26. The Kier molecular flexibility index (Phi) is 3.85. The maximum atomic E-state index is 11.0. The number of carboxylic acid groups (broad SMARTS) is 1. The molecule has 0 atom stereocenters. The minimum atomic E-state index is -0.968. The van der Waals surface area contributed by atoms with E-state index in [-0.39, 0.29) is 5.69 Å². The number of aryl methyl sites for hydroxylation is 2. The summed E-state index contributed by atoms with van der Waals surface area (Å²) in [5, 5.41) is 9.75. The molecule has 1 aromatic heterocycles. The standard InChI is InChI=1S/C14H16N2O2S/c1-9-6-4-5-7-11(9)8-16(3)14-15-12(13(17)18)10(2)19-14/h4-7H,8H2,1-3H3,(H,17,18). The number of rotatable bonds is 4. The molecular formula is C14H16N2O2S. The molecule has 4 nitrogen and oxygen atoms in total. The van der Waals surface area contributed by atoms with Crippen LogP contribution in [-0.4, -0.2) is 23.1 Å². The second kappa shape index (κ2) is 5.40. The van der Waals surface area contributed by atoms with E-state index in [4.69, 9.17) is 5.11 Å². The van der Waals surface area contributed by atoms with Crippen molar-refractivity contribution in [1.29, 1.82) is 0 Å². The monoisotopic (exact) mass is 276 g/mol. The predicted octanol–water partition coefficient (Wildman–Crippen LogP) is 3.09. The quantitative estimate of drug-likeness (QED) is 0.932. The van der Waals surface area contributed by atoms with Gasteiger partial charge in [0.15, 0.2) is 10.8 Å². The van der Waals surface area contributed by atoms with Crippen LogP contribution in [0, 0.1) is 13.8 Å². The van der Waals surface area contributed by atoms with Crippen LogP contribution in [0.3, 0.4) is 0 Å². The summed E-state index contributed by atoms with van der Waals surface area (Å²) in [6, 6.07) is 8.16. The highest BCUT2D eigenvalue weighted by atomic mass is 32.1. The van der Waals surface area contributed by atoms with Gasteiger partial charge in [-0.15, -0.1) is 11.3 Å². The lowest BCUT2D eigenvalue weighted by atomic mass is 10.1. The molecule has 0 radical (unpaired) electrons. The van der Waals surface area contributed by atoms with E-state index in [1.165, 1.54) is 22.5 Å². The fraction of sp³-hybridized carbons (Fsp3) is 0.286. The van der Waals surface area contributed by atoms with E-state index < -0.39 is 5.97 Å². The van der Waals surface area contributed by atoms with Crippen LogP contribution in [0.1, 0.15) is 26.5 Å². The minimum absolute atomic E-state index is 0.150. The van der Waals surface area contributed by atoms with E-state index in [1.54, 1.807) is 6.92 Å². The Bertz CT molecular complexity index is 607. The van der Waals surface area contributed by atoms with Crippen molar-refractivity contribution in [3.63, 3.8) is 0 Å². The molecule has 0 unspecified atom stereocenters. The van der Waals surface area contributed by atoms with Crippen molar-refractivity contribution >= 4 is 22.4 Å². The van der Waals surface area contributed by atoms with Crippen LogP contribution in [0.25, 0.3) is 0 Å². The lowest BCUT2D eigenvalue weighted by molar-refractivity contribution is 0.0690. The fourth-order valence-corrected chi connectivity index (χ4v) is 2.72. The first-order chi connectivity index (χ1) is 8.99. The van der Waals surface area contributed by atoms with Crippen LogP contribution in [0.15, 0.2) is 24.3 Å². The molecule has 0 spiro atoms. The average Bonchev–Trinajstić information content (AvgIpc) is 2.74. The van der Waals surface area contributed by atoms with Crippen LogP contribution < -0.4 is 4.90 Å². The summed E-state index contributed by atoms with van der Waals surface area (Å²) in [5.74, 6) is -0.968. The Labute approximate surface area is 116 Å². The number of carboxylic acids is 1. The predicted molar refractivity (Wildman–Crippen MR) is 77.1 cm³/mol. The molecular weight excluding hydrogens is 260 g/mol. The van der Waals surface area contributed by atoms with Gasteiger partial charge in [0.05, 0.1) is 0 Å². The molecule has 0 amide bonds. The first-order valence-electron chi connectivity index (χ1n) is 5.95. The number of nitrogens with zero attached hydrogens (tertiary/aromatic N) is 2. The Hall–Kier alpha value is -1.88. The molecule has 2 rings (SSSR count). The Balaban J connectivity index is 2.21. The van der Waals surface area contributed by atoms with Crippen molar-refractivity contribution in [2.45, 2.75) is 20.4 Å². The molecule has 5 heteroatoms. The molecule has 0 fully saturated rings. The zero-order valence-corrected chi connectivity index (χ0v) is 12.0. The van der Waals surface area contributed by atoms with Crippen LogP contribution in [0.4, 0.5) is 5.13 Å². The molecule has 1 aromatic carbocycles. The third-order valence-electron chi connectivity index (χ3n) is 2.98. The van der Waals surface area contributed by atoms with Crippen molar-refractivity contribution in [3.8, 4) is 0 Å². The van der Waals surface area contributed by atoms with E-state index in [0.717, 1.165) is 16.6 Å². The van der Waals surface area contributed by atoms with E-state index in [1.807, 2.05) is 24.1 Å². The number of hydrogen-bond donors (Lipinski definition) is 1. The Morgan fingerprint density at radius 1 is 1.37 bits per heavy atom. The van der Waals surface area contributed by atoms with Crippen LogP contribution in [0.5, 0.6) is 0 Å². The molecule has 2 aromatic rings. The number of hydrogen-bond acceptors (Lipinski definition) is 4. The zero-order valence-electron chi connectivity index (χ0n) is 11.2. The Morgan fingerprint density at radius 3 is 2.63 bits per heavy atom. The summed E-state index contributed by atoms with van der Waals surface area (Å²) >= 11 is 1.41. The normalized spacial score (nSPS) is 10.5. The first kappa shape index (κ1) is 13.5. The van der Waals surface area contributed by atoms with Crippen LogP contribution in [0.2, 0.25) is 0 Å². The topological polar surface area (TPSA) is 53.4 Å².